The number of carbonyl (C=O) groups is 1. The van der Waals surface area contributed by atoms with E-state index in [-0.39, 0.29) is 12.0 Å². The fraction of sp³-hybridized carbons (Fsp3) is 0.533. The minimum atomic E-state index is -0.231. The summed E-state index contributed by atoms with van der Waals surface area (Å²) in [6, 6.07) is 8.18. The Kier molecular flexibility index (Phi) is 4.83. The van der Waals surface area contributed by atoms with Crippen molar-refractivity contribution in [2.24, 2.45) is 0 Å². The van der Waals surface area contributed by atoms with Gasteiger partial charge in [0.1, 0.15) is 6.04 Å². The molecule has 0 bridgehead atoms. The lowest BCUT2D eigenvalue weighted by Crippen LogP contribution is -2.47. The predicted octanol–water partition coefficient (Wildman–Crippen LogP) is 3.13. The van der Waals surface area contributed by atoms with Gasteiger partial charge in [0.05, 0.1) is 6.61 Å². The van der Waals surface area contributed by atoms with E-state index in [9.17, 15) is 4.79 Å². The van der Waals surface area contributed by atoms with Gasteiger partial charge in [-0.15, -0.1) is 0 Å². The highest BCUT2D eigenvalue weighted by Gasteiger charge is 2.32. The molecule has 104 valence electrons. The van der Waals surface area contributed by atoms with Gasteiger partial charge in [-0.1, -0.05) is 23.7 Å². The Hall–Kier alpha value is -1.06. The minimum absolute atomic E-state index is 0.172. The van der Waals surface area contributed by atoms with Gasteiger partial charge in [-0.3, -0.25) is 4.79 Å². The Labute approximate surface area is 119 Å². The SMILES string of the molecule is CCOC(=O)C(C)NC1CC(c2cccc(Cl)c2)C1. The summed E-state index contributed by atoms with van der Waals surface area (Å²) in [5, 5.41) is 4.09. The summed E-state index contributed by atoms with van der Waals surface area (Å²) in [5.41, 5.74) is 1.29. The highest BCUT2D eigenvalue weighted by molar-refractivity contribution is 6.30. The van der Waals surface area contributed by atoms with Gasteiger partial charge in [0.15, 0.2) is 0 Å². The summed E-state index contributed by atoms with van der Waals surface area (Å²) in [6.45, 7) is 4.11. The van der Waals surface area contributed by atoms with E-state index >= 15 is 0 Å². The average Bonchev–Trinajstić information content (AvgIpc) is 2.33. The van der Waals surface area contributed by atoms with Crippen LogP contribution in [0.15, 0.2) is 24.3 Å². The number of hydrogen-bond acceptors (Lipinski definition) is 3. The number of ether oxygens (including phenoxy) is 1. The van der Waals surface area contributed by atoms with E-state index in [0.29, 0.717) is 18.6 Å². The average molecular weight is 282 g/mol. The lowest BCUT2D eigenvalue weighted by atomic mass is 9.75. The van der Waals surface area contributed by atoms with Gasteiger partial charge in [0.2, 0.25) is 0 Å². The maximum atomic E-state index is 11.5. The molecule has 0 spiro atoms. The number of carbonyl (C=O) groups excluding carboxylic acids is 1. The summed E-state index contributed by atoms with van der Waals surface area (Å²) in [4.78, 5) is 11.5. The Morgan fingerprint density at radius 3 is 2.89 bits per heavy atom. The quantitative estimate of drug-likeness (QED) is 0.843. The molecule has 1 aromatic carbocycles. The second kappa shape index (κ2) is 6.40. The molecule has 1 saturated carbocycles. The molecular formula is C15H20ClNO2. The van der Waals surface area contributed by atoms with Crippen LogP contribution in [0.3, 0.4) is 0 Å². The normalized spacial score (nSPS) is 23.5. The van der Waals surface area contributed by atoms with Crippen molar-refractivity contribution in [2.45, 2.75) is 44.7 Å². The Bertz CT molecular complexity index is 444. The fourth-order valence-electron chi connectivity index (χ4n) is 2.48. The van der Waals surface area contributed by atoms with Gasteiger partial charge >= 0.3 is 5.97 Å². The molecule has 0 saturated heterocycles. The molecular weight excluding hydrogens is 262 g/mol. The maximum Gasteiger partial charge on any atom is 0.322 e. The first-order valence-corrected chi connectivity index (χ1v) is 7.16. The monoisotopic (exact) mass is 281 g/mol. The smallest absolute Gasteiger partial charge is 0.322 e. The molecule has 4 heteroatoms. The first-order valence-electron chi connectivity index (χ1n) is 6.78. The fourth-order valence-corrected chi connectivity index (χ4v) is 2.67. The molecule has 1 aliphatic carbocycles. The molecule has 0 heterocycles. The molecule has 1 N–H and O–H groups in total. The number of halogens is 1. The molecule has 3 nitrogen and oxygen atoms in total. The number of benzene rings is 1. The first-order chi connectivity index (χ1) is 9.10. The summed E-state index contributed by atoms with van der Waals surface area (Å²) < 4.78 is 4.98. The zero-order chi connectivity index (χ0) is 13.8. The second-order valence-corrected chi connectivity index (χ2v) is 5.50. The van der Waals surface area contributed by atoms with Crippen LogP contribution in [0.5, 0.6) is 0 Å². The second-order valence-electron chi connectivity index (χ2n) is 5.06. The van der Waals surface area contributed by atoms with Crippen molar-refractivity contribution in [3.63, 3.8) is 0 Å². The summed E-state index contributed by atoms with van der Waals surface area (Å²) >= 11 is 5.99. The van der Waals surface area contributed by atoms with Crippen LogP contribution in [0.1, 0.15) is 38.2 Å². The molecule has 0 aromatic heterocycles. The third kappa shape index (κ3) is 3.71. The molecule has 1 aliphatic rings. The van der Waals surface area contributed by atoms with Crippen LogP contribution in [0.25, 0.3) is 0 Å². The van der Waals surface area contributed by atoms with E-state index in [2.05, 4.69) is 11.4 Å². The predicted molar refractivity (Wildman–Crippen MR) is 76.4 cm³/mol. The molecule has 1 atom stereocenters. The molecule has 0 amide bonds. The summed E-state index contributed by atoms with van der Waals surface area (Å²) in [5.74, 6) is 0.374. The Morgan fingerprint density at radius 2 is 2.26 bits per heavy atom. The number of esters is 1. The van der Waals surface area contributed by atoms with Crippen LogP contribution in [0.2, 0.25) is 5.02 Å². The zero-order valence-electron chi connectivity index (χ0n) is 11.4. The van der Waals surface area contributed by atoms with Crippen molar-refractivity contribution < 1.29 is 9.53 Å². The number of nitrogens with one attached hydrogen (secondary N) is 1. The molecule has 1 fully saturated rings. The van der Waals surface area contributed by atoms with Gasteiger partial charge < -0.3 is 10.1 Å². The molecule has 1 unspecified atom stereocenters. The molecule has 1 aromatic rings. The van der Waals surface area contributed by atoms with E-state index in [0.717, 1.165) is 17.9 Å². The Morgan fingerprint density at radius 1 is 1.53 bits per heavy atom. The largest absolute Gasteiger partial charge is 0.465 e. The molecule has 0 aliphatic heterocycles. The molecule has 2 rings (SSSR count). The van der Waals surface area contributed by atoms with Crippen molar-refractivity contribution in [3.05, 3.63) is 34.9 Å². The van der Waals surface area contributed by atoms with Crippen LogP contribution in [0.4, 0.5) is 0 Å². The van der Waals surface area contributed by atoms with Crippen LogP contribution >= 0.6 is 11.6 Å². The van der Waals surface area contributed by atoms with E-state index in [1.54, 1.807) is 0 Å². The third-order valence-electron chi connectivity index (χ3n) is 3.58. The topological polar surface area (TPSA) is 38.3 Å². The summed E-state index contributed by atoms with van der Waals surface area (Å²) in [6.07, 6.45) is 2.09. The van der Waals surface area contributed by atoms with Crippen LogP contribution < -0.4 is 5.32 Å². The van der Waals surface area contributed by atoms with Crippen molar-refractivity contribution in [1.29, 1.82) is 0 Å². The zero-order valence-corrected chi connectivity index (χ0v) is 12.1. The van der Waals surface area contributed by atoms with Gasteiger partial charge in [0.25, 0.3) is 0 Å². The van der Waals surface area contributed by atoms with Crippen molar-refractivity contribution >= 4 is 17.6 Å². The lowest BCUT2D eigenvalue weighted by molar-refractivity contribution is -0.145. The van der Waals surface area contributed by atoms with E-state index in [1.807, 2.05) is 32.0 Å². The van der Waals surface area contributed by atoms with Gasteiger partial charge in [0, 0.05) is 11.1 Å². The summed E-state index contributed by atoms with van der Waals surface area (Å²) in [7, 11) is 0. The number of rotatable bonds is 5. The van der Waals surface area contributed by atoms with Crippen molar-refractivity contribution in [3.8, 4) is 0 Å². The lowest BCUT2D eigenvalue weighted by Gasteiger charge is -2.37. The minimum Gasteiger partial charge on any atom is -0.465 e. The van der Waals surface area contributed by atoms with Crippen molar-refractivity contribution in [2.75, 3.05) is 6.61 Å². The number of hydrogen-bond donors (Lipinski definition) is 1. The van der Waals surface area contributed by atoms with Crippen LogP contribution in [-0.4, -0.2) is 24.7 Å². The maximum absolute atomic E-state index is 11.5. The van der Waals surface area contributed by atoms with E-state index in [1.165, 1.54) is 5.56 Å². The highest BCUT2D eigenvalue weighted by Crippen LogP contribution is 2.37. The third-order valence-corrected chi connectivity index (χ3v) is 3.82. The molecule has 19 heavy (non-hydrogen) atoms. The standard InChI is InChI=1S/C15H20ClNO2/c1-3-19-15(18)10(2)17-14-8-12(9-14)11-5-4-6-13(16)7-11/h4-7,10,12,14,17H,3,8-9H2,1-2H3. The van der Waals surface area contributed by atoms with Gasteiger partial charge in [-0.2, -0.15) is 0 Å². The van der Waals surface area contributed by atoms with Crippen LogP contribution in [-0.2, 0) is 9.53 Å². The van der Waals surface area contributed by atoms with E-state index < -0.39 is 0 Å². The highest BCUT2D eigenvalue weighted by atomic mass is 35.5. The van der Waals surface area contributed by atoms with Crippen molar-refractivity contribution in [1.82, 2.24) is 5.32 Å². The molecule has 0 radical (unpaired) electrons. The van der Waals surface area contributed by atoms with E-state index in [4.69, 9.17) is 16.3 Å². The van der Waals surface area contributed by atoms with Gasteiger partial charge in [-0.25, -0.2) is 0 Å². The van der Waals surface area contributed by atoms with Crippen LogP contribution in [0, 0.1) is 0 Å². The van der Waals surface area contributed by atoms with Gasteiger partial charge in [-0.05, 0) is 50.3 Å². The first kappa shape index (κ1) is 14.4. The Balaban J connectivity index is 1.79.